The normalized spacial score (nSPS) is 15.7. The summed E-state index contributed by atoms with van der Waals surface area (Å²) in [6, 6.07) is 4.05. The van der Waals surface area contributed by atoms with E-state index in [1.807, 2.05) is 19.9 Å². The summed E-state index contributed by atoms with van der Waals surface area (Å²) in [4.78, 5) is 20.1. The zero-order valence-corrected chi connectivity index (χ0v) is 16.2. The molecule has 0 aliphatic carbocycles. The zero-order chi connectivity index (χ0) is 19.0. The molecule has 1 saturated heterocycles. The molecule has 2 aromatic heterocycles. The van der Waals surface area contributed by atoms with E-state index >= 15 is 0 Å². The highest BCUT2D eigenvalue weighted by Gasteiger charge is 2.15. The maximum absolute atomic E-state index is 13.0. The van der Waals surface area contributed by atoms with Gasteiger partial charge in [-0.15, -0.1) is 10.2 Å². The van der Waals surface area contributed by atoms with Crippen LogP contribution in [-0.4, -0.2) is 57.5 Å². The van der Waals surface area contributed by atoms with Gasteiger partial charge in [-0.25, -0.2) is 4.98 Å². The highest BCUT2D eigenvalue weighted by molar-refractivity contribution is 6.01. The third kappa shape index (κ3) is 3.44. The van der Waals surface area contributed by atoms with E-state index in [1.165, 1.54) is 0 Å². The van der Waals surface area contributed by atoms with E-state index in [-0.39, 0.29) is 5.56 Å². The molecule has 0 spiro atoms. The lowest BCUT2D eigenvalue weighted by molar-refractivity contribution is 0.0369. The fourth-order valence-corrected chi connectivity index (χ4v) is 3.65. The number of hydrogen-bond donors (Lipinski definition) is 0. The number of hydrogen-bond acceptors (Lipinski definition) is 6. The highest BCUT2D eigenvalue weighted by Crippen LogP contribution is 2.22. The Hall–Kier alpha value is -2.38. The summed E-state index contributed by atoms with van der Waals surface area (Å²) in [7, 11) is 0. The van der Waals surface area contributed by atoms with Crippen molar-refractivity contribution in [3.63, 3.8) is 0 Å². The maximum Gasteiger partial charge on any atom is 0.281 e. The molecule has 0 unspecified atom stereocenters. The number of benzene rings is 1. The number of aromatic nitrogens is 4. The minimum Gasteiger partial charge on any atom is -0.379 e. The Morgan fingerprint density at radius 2 is 1.74 bits per heavy atom. The summed E-state index contributed by atoms with van der Waals surface area (Å²) in [6.45, 7) is 11.1. The number of aryl methyl sites for hydroxylation is 3. The van der Waals surface area contributed by atoms with Crippen LogP contribution < -0.4 is 5.56 Å². The monoisotopic (exact) mass is 367 g/mol. The molecule has 1 aromatic carbocycles. The van der Waals surface area contributed by atoms with E-state index in [4.69, 9.17) is 9.72 Å². The molecule has 0 saturated carbocycles. The molecular formula is C20H25N5O2. The van der Waals surface area contributed by atoms with Crippen molar-refractivity contribution in [2.45, 2.75) is 33.7 Å². The SMILES string of the molecule is Cc1cc2nnc3c(=O)n(CCCN4CCOCC4)c(C)nc3c2cc1C. The average molecular weight is 367 g/mol. The Kier molecular flexibility index (Phi) is 4.88. The first-order chi connectivity index (χ1) is 13.0. The lowest BCUT2D eigenvalue weighted by Gasteiger charge is -2.26. The van der Waals surface area contributed by atoms with Crippen molar-refractivity contribution in [3.8, 4) is 0 Å². The molecule has 0 radical (unpaired) electrons. The maximum atomic E-state index is 13.0. The first kappa shape index (κ1) is 18.0. The van der Waals surface area contributed by atoms with E-state index in [9.17, 15) is 4.79 Å². The molecule has 1 fully saturated rings. The molecule has 0 bridgehead atoms. The first-order valence-corrected chi connectivity index (χ1v) is 9.49. The Morgan fingerprint density at radius 1 is 1.00 bits per heavy atom. The minimum atomic E-state index is -0.105. The molecular weight excluding hydrogens is 342 g/mol. The van der Waals surface area contributed by atoms with Gasteiger partial charge in [0, 0.05) is 31.6 Å². The molecule has 0 amide bonds. The van der Waals surface area contributed by atoms with Crippen LogP contribution in [0.25, 0.3) is 21.9 Å². The van der Waals surface area contributed by atoms with E-state index in [2.05, 4.69) is 28.1 Å². The van der Waals surface area contributed by atoms with Gasteiger partial charge in [0.1, 0.15) is 11.3 Å². The summed E-state index contributed by atoms with van der Waals surface area (Å²) in [5, 5.41) is 9.37. The second kappa shape index (κ2) is 7.32. The number of fused-ring (bicyclic) bond motifs is 3. The molecule has 0 N–H and O–H groups in total. The van der Waals surface area contributed by atoms with E-state index in [0.717, 1.165) is 67.1 Å². The number of morpholine rings is 1. The summed E-state index contributed by atoms with van der Waals surface area (Å²) in [5.41, 5.74) is 3.99. The molecule has 142 valence electrons. The fraction of sp³-hybridized carbons (Fsp3) is 0.500. The van der Waals surface area contributed by atoms with Crippen LogP contribution in [0, 0.1) is 20.8 Å². The van der Waals surface area contributed by atoms with Gasteiger partial charge in [-0.2, -0.15) is 0 Å². The second-order valence-corrected chi connectivity index (χ2v) is 7.27. The molecule has 3 heterocycles. The standard InChI is InChI=1S/C20H25N5O2/c1-13-11-16-17(12-14(13)2)22-23-19-18(16)21-15(3)25(20(19)26)6-4-5-24-7-9-27-10-8-24/h11-12H,4-10H2,1-3H3. The van der Waals surface area contributed by atoms with E-state index < -0.39 is 0 Å². The van der Waals surface area contributed by atoms with Gasteiger partial charge in [0.2, 0.25) is 0 Å². The molecule has 27 heavy (non-hydrogen) atoms. The first-order valence-electron chi connectivity index (χ1n) is 9.49. The van der Waals surface area contributed by atoms with Crippen molar-refractivity contribution in [1.29, 1.82) is 0 Å². The Bertz CT molecular complexity index is 1050. The Morgan fingerprint density at radius 3 is 2.52 bits per heavy atom. The van der Waals surface area contributed by atoms with Crippen molar-refractivity contribution in [2.75, 3.05) is 32.8 Å². The van der Waals surface area contributed by atoms with Crippen molar-refractivity contribution >= 4 is 21.9 Å². The summed E-state index contributed by atoms with van der Waals surface area (Å²) < 4.78 is 7.11. The van der Waals surface area contributed by atoms with Gasteiger partial charge in [0.25, 0.3) is 5.56 Å². The molecule has 3 aromatic rings. The third-order valence-corrected chi connectivity index (χ3v) is 5.42. The van der Waals surface area contributed by atoms with Crippen LogP contribution in [0.15, 0.2) is 16.9 Å². The molecule has 0 atom stereocenters. The van der Waals surface area contributed by atoms with Crippen molar-refractivity contribution in [2.24, 2.45) is 0 Å². The predicted molar refractivity (Wildman–Crippen MR) is 105 cm³/mol. The fourth-order valence-electron chi connectivity index (χ4n) is 3.65. The number of rotatable bonds is 4. The molecule has 1 aliphatic heterocycles. The lowest BCUT2D eigenvalue weighted by Crippen LogP contribution is -2.37. The van der Waals surface area contributed by atoms with Gasteiger partial charge in [0.05, 0.1) is 18.7 Å². The Balaban J connectivity index is 1.67. The van der Waals surface area contributed by atoms with Crippen LogP contribution in [0.3, 0.4) is 0 Å². The van der Waals surface area contributed by atoms with Crippen LogP contribution in [0.4, 0.5) is 0 Å². The second-order valence-electron chi connectivity index (χ2n) is 7.27. The molecule has 7 heteroatoms. The lowest BCUT2D eigenvalue weighted by atomic mass is 10.1. The molecule has 1 aliphatic rings. The quantitative estimate of drug-likeness (QED) is 0.657. The summed E-state index contributed by atoms with van der Waals surface area (Å²) >= 11 is 0. The van der Waals surface area contributed by atoms with Crippen molar-refractivity contribution in [1.82, 2.24) is 24.6 Å². The highest BCUT2D eigenvalue weighted by atomic mass is 16.5. The van der Waals surface area contributed by atoms with Crippen LogP contribution >= 0.6 is 0 Å². The van der Waals surface area contributed by atoms with Crippen molar-refractivity contribution in [3.05, 3.63) is 39.4 Å². The summed E-state index contributed by atoms with van der Waals surface area (Å²) in [6.07, 6.45) is 0.896. The third-order valence-electron chi connectivity index (χ3n) is 5.42. The molecule has 4 rings (SSSR count). The summed E-state index contributed by atoms with van der Waals surface area (Å²) in [5.74, 6) is 0.724. The van der Waals surface area contributed by atoms with E-state index in [0.29, 0.717) is 17.6 Å². The largest absolute Gasteiger partial charge is 0.379 e. The van der Waals surface area contributed by atoms with Gasteiger partial charge >= 0.3 is 0 Å². The zero-order valence-electron chi connectivity index (χ0n) is 16.2. The Labute approximate surface area is 158 Å². The average Bonchev–Trinajstić information content (AvgIpc) is 2.66. The van der Waals surface area contributed by atoms with Gasteiger partial charge in [-0.05, 0) is 50.5 Å². The topological polar surface area (TPSA) is 73.1 Å². The van der Waals surface area contributed by atoms with Gasteiger partial charge in [0.15, 0.2) is 5.52 Å². The smallest absolute Gasteiger partial charge is 0.281 e. The van der Waals surface area contributed by atoms with Crippen LogP contribution in [0.1, 0.15) is 23.4 Å². The van der Waals surface area contributed by atoms with Crippen molar-refractivity contribution < 1.29 is 4.74 Å². The van der Waals surface area contributed by atoms with Crippen LogP contribution in [0.5, 0.6) is 0 Å². The van der Waals surface area contributed by atoms with Gasteiger partial charge in [-0.3, -0.25) is 14.3 Å². The predicted octanol–water partition coefficient (Wildman–Crippen LogP) is 1.99. The number of ether oxygens (including phenoxy) is 1. The number of nitrogens with zero attached hydrogens (tertiary/aromatic N) is 5. The van der Waals surface area contributed by atoms with Gasteiger partial charge in [-0.1, -0.05) is 0 Å². The molecule has 7 nitrogen and oxygen atoms in total. The van der Waals surface area contributed by atoms with Crippen LogP contribution in [-0.2, 0) is 11.3 Å². The minimum absolute atomic E-state index is 0.105. The van der Waals surface area contributed by atoms with Crippen LogP contribution in [0.2, 0.25) is 0 Å². The van der Waals surface area contributed by atoms with E-state index in [1.54, 1.807) is 4.57 Å². The van der Waals surface area contributed by atoms with Gasteiger partial charge < -0.3 is 4.74 Å².